The second kappa shape index (κ2) is 5.61. The van der Waals surface area contributed by atoms with Gasteiger partial charge in [0.15, 0.2) is 0 Å². The SMILES string of the molecule is O=C(O[C@H]1CC[C@@H](OC(F)(F)F)C1)c1ccccc1. The van der Waals surface area contributed by atoms with Crippen molar-refractivity contribution >= 4 is 5.97 Å². The largest absolute Gasteiger partial charge is 0.522 e. The summed E-state index contributed by atoms with van der Waals surface area (Å²) in [6.07, 6.45) is -5.36. The van der Waals surface area contributed by atoms with E-state index in [0.717, 1.165) is 0 Å². The number of ether oxygens (including phenoxy) is 2. The number of benzene rings is 1. The number of rotatable bonds is 3. The van der Waals surface area contributed by atoms with Crippen LogP contribution in [0.3, 0.4) is 0 Å². The Morgan fingerprint density at radius 2 is 1.74 bits per heavy atom. The van der Waals surface area contributed by atoms with Gasteiger partial charge in [0.2, 0.25) is 0 Å². The second-order valence-electron chi connectivity index (χ2n) is 4.39. The van der Waals surface area contributed by atoms with Gasteiger partial charge in [-0.25, -0.2) is 4.79 Å². The molecular formula is C13H13F3O3. The number of carbonyl (C=O) groups is 1. The summed E-state index contributed by atoms with van der Waals surface area (Å²) in [6, 6.07) is 8.35. The number of hydrogen-bond donors (Lipinski definition) is 0. The fraction of sp³-hybridized carbons (Fsp3) is 0.462. The molecule has 0 N–H and O–H groups in total. The fourth-order valence-corrected chi connectivity index (χ4v) is 2.10. The zero-order valence-corrected chi connectivity index (χ0v) is 10.0. The first-order valence-electron chi connectivity index (χ1n) is 5.94. The minimum Gasteiger partial charge on any atom is -0.459 e. The molecule has 2 rings (SSSR count). The van der Waals surface area contributed by atoms with Crippen molar-refractivity contribution in [3.63, 3.8) is 0 Å². The van der Waals surface area contributed by atoms with Crippen LogP contribution in [0, 0.1) is 0 Å². The molecule has 1 aliphatic carbocycles. The van der Waals surface area contributed by atoms with E-state index in [4.69, 9.17) is 4.74 Å². The quantitative estimate of drug-likeness (QED) is 0.793. The third kappa shape index (κ3) is 4.24. The Balaban J connectivity index is 1.84. The monoisotopic (exact) mass is 274 g/mol. The summed E-state index contributed by atoms with van der Waals surface area (Å²) in [4.78, 5) is 11.7. The van der Waals surface area contributed by atoms with Crippen molar-refractivity contribution < 1.29 is 27.4 Å². The molecule has 0 aliphatic heterocycles. The van der Waals surface area contributed by atoms with Crippen LogP contribution in [-0.2, 0) is 9.47 Å². The molecule has 0 heterocycles. The summed E-state index contributed by atoms with van der Waals surface area (Å²) in [5.41, 5.74) is 0.391. The van der Waals surface area contributed by atoms with E-state index in [-0.39, 0.29) is 12.8 Å². The molecule has 0 bridgehead atoms. The molecule has 1 aromatic rings. The normalized spacial score (nSPS) is 23.3. The van der Waals surface area contributed by atoms with Gasteiger partial charge in [-0.2, -0.15) is 0 Å². The summed E-state index contributed by atoms with van der Waals surface area (Å²) >= 11 is 0. The first-order valence-corrected chi connectivity index (χ1v) is 5.94. The molecule has 0 spiro atoms. The Labute approximate surface area is 108 Å². The lowest BCUT2D eigenvalue weighted by atomic mass is 10.2. The summed E-state index contributed by atoms with van der Waals surface area (Å²) in [7, 11) is 0. The van der Waals surface area contributed by atoms with Crippen molar-refractivity contribution in [2.75, 3.05) is 0 Å². The highest BCUT2D eigenvalue weighted by Gasteiger charge is 2.38. The van der Waals surface area contributed by atoms with Crippen LogP contribution < -0.4 is 0 Å². The van der Waals surface area contributed by atoms with E-state index in [9.17, 15) is 18.0 Å². The highest BCUT2D eigenvalue weighted by atomic mass is 19.4. The molecule has 0 amide bonds. The fourth-order valence-electron chi connectivity index (χ4n) is 2.10. The van der Waals surface area contributed by atoms with Gasteiger partial charge in [-0.1, -0.05) is 18.2 Å². The van der Waals surface area contributed by atoms with Gasteiger partial charge >= 0.3 is 12.3 Å². The van der Waals surface area contributed by atoms with E-state index >= 15 is 0 Å². The molecule has 0 aromatic heterocycles. The van der Waals surface area contributed by atoms with Crippen molar-refractivity contribution in [2.24, 2.45) is 0 Å². The lowest BCUT2D eigenvalue weighted by molar-refractivity contribution is -0.342. The number of hydrogen-bond acceptors (Lipinski definition) is 3. The zero-order chi connectivity index (χ0) is 13.9. The van der Waals surface area contributed by atoms with Gasteiger partial charge in [-0.3, -0.25) is 4.74 Å². The smallest absolute Gasteiger partial charge is 0.459 e. The Kier molecular flexibility index (Phi) is 4.09. The van der Waals surface area contributed by atoms with Gasteiger partial charge in [-0.15, -0.1) is 13.2 Å². The van der Waals surface area contributed by atoms with Crippen LogP contribution in [0.5, 0.6) is 0 Å². The van der Waals surface area contributed by atoms with Gasteiger partial charge in [0, 0.05) is 6.42 Å². The molecule has 6 heteroatoms. The number of halogens is 3. The highest BCUT2D eigenvalue weighted by molar-refractivity contribution is 5.89. The van der Waals surface area contributed by atoms with Gasteiger partial charge in [0.1, 0.15) is 6.10 Å². The molecule has 0 radical (unpaired) electrons. The molecule has 104 valence electrons. The predicted octanol–water partition coefficient (Wildman–Crippen LogP) is 3.30. The summed E-state index contributed by atoms with van der Waals surface area (Å²) in [5.74, 6) is -0.516. The number of alkyl halides is 3. The van der Waals surface area contributed by atoms with Gasteiger partial charge in [-0.05, 0) is 25.0 Å². The molecule has 3 nitrogen and oxygen atoms in total. The van der Waals surface area contributed by atoms with Crippen molar-refractivity contribution in [1.29, 1.82) is 0 Å². The van der Waals surface area contributed by atoms with Crippen LogP contribution in [0.15, 0.2) is 30.3 Å². The average Bonchev–Trinajstić information content (AvgIpc) is 2.75. The first-order chi connectivity index (χ1) is 8.94. The maximum absolute atomic E-state index is 12.0. The summed E-state index contributed by atoms with van der Waals surface area (Å²) in [5, 5.41) is 0. The van der Waals surface area contributed by atoms with E-state index in [1.165, 1.54) is 0 Å². The van der Waals surface area contributed by atoms with Crippen molar-refractivity contribution in [1.82, 2.24) is 0 Å². The van der Waals surface area contributed by atoms with Crippen molar-refractivity contribution in [2.45, 2.75) is 37.8 Å². The third-order valence-corrected chi connectivity index (χ3v) is 2.92. The minimum absolute atomic E-state index is 0.0814. The Morgan fingerprint density at radius 1 is 1.11 bits per heavy atom. The van der Waals surface area contributed by atoms with E-state index in [2.05, 4.69) is 4.74 Å². The maximum atomic E-state index is 12.0. The molecule has 0 unspecified atom stereocenters. The lowest BCUT2D eigenvalue weighted by Gasteiger charge is -2.15. The highest BCUT2D eigenvalue weighted by Crippen LogP contribution is 2.30. The topological polar surface area (TPSA) is 35.5 Å². The molecule has 1 aliphatic rings. The number of esters is 1. The Morgan fingerprint density at radius 3 is 2.37 bits per heavy atom. The predicted molar refractivity (Wildman–Crippen MR) is 60.4 cm³/mol. The van der Waals surface area contributed by atoms with Crippen LogP contribution in [-0.4, -0.2) is 24.5 Å². The molecule has 1 fully saturated rings. The molecular weight excluding hydrogens is 261 g/mol. The van der Waals surface area contributed by atoms with Crippen molar-refractivity contribution in [3.05, 3.63) is 35.9 Å². The average molecular weight is 274 g/mol. The van der Waals surface area contributed by atoms with E-state index in [1.54, 1.807) is 30.3 Å². The van der Waals surface area contributed by atoms with Gasteiger partial charge < -0.3 is 4.74 Å². The zero-order valence-electron chi connectivity index (χ0n) is 10.0. The summed E-state index contributed by atoms with van der Waals surface area (Å²) < 4.78 is 45.2. The third-order valence-electron chi connectivity index (χ3n) is 2.92. The van der Waals surface area contributed by atoms with Crippen molar-refractivity contribution in [3.8, 4) is 0 Å². The van der Waals surface area contributed by atoms with Crippen LogP contribution >= 0.6 is 0 Å². The van der Waals surface area contributed by atoms with E-state index in [0.29, 0.717) is 12.0 Å². The molecule has 1 aromatic carbocycles. The number of carbonyl (C=O) groups excluding carboxylic acids is 1. The van der Waals surface area contributed by atoms with Crippen LogP contribution in [0.2, 0.25) is 0 Å². The Hall–Kier alpha value is -1.56. The lowest BCUT2D eigenvalue weighted by Crippen LogP contribution is -2.23. The van der Waals surface area contributed by atoms with Gasteiger partial charge in [0.25, 0.3) is 0 Å². The second-order valence-corrected chi connectivity index (χ2v) is 4.39. The summed E-state index contributed by atoms with van der Waals surface area (Å²) in [6.45, 7) is 0. The minimum atomic E-state index is -4.64. The van der Waals surface area contributed by atoms with E-state index < -0.39 is 24.5 Å². The molecule has 0 saturated heterocycles. The van der Waals surface area contributed by atoms with Crippen LogP contribution in [0.4, 0.5) is 13.2 Å². The van der Waals surface area contributed by atoms with Crippen LogP contribution in [0.25, 0.3) is 0 Å². The molecule has 1 saturated carbocycles. The molecule has 2 atom stereocenters. The standard InChI is InChI=1S/C13H13F3O3/c14-13(15,16)19-11-7-6-10(8-11)18-12(17)9-4-2-1-3-5-9/h1-5,10-11H,6-8H2/t10-,11+/m0/s1. The van der Waals surface area contributed by atoms with Gasteiger partial charge in [0.05, 0.1) is 11.7 Å². The first kappa shape index (κ1) is 13.9. The maximum Gasteiger partial charge on any atom is 0.522 e. The van der Waals surface area contributed by atoms with E-state index in [1.807, 2.05) is 0 Å². The Bertz CT molecular complexity index is 431. The molecule has 19 heavy (non-hydrogen) atoms. The van der Waals surface area contributed by atoms with Crippen LogP contribution in [0.1, 0.15) is 29.6 Å².